The van der Waals surface area contributed by atoms with Gasteiger partial charge < -0.3 is 9.15 Å². The van der Waals surface area contributed by atoms with Crippen molar-refractivity contribution in [2.45, 2.75) is 6.92 Å². The third-order valence-electron chi connectivity index (χ3n) is 2.61. The van der Waals surface area contributed by atoms with Gasteiger partial charge in [-0.05, 0) is 42.8 Å². The molecule has 3 rings (SSSR count). The Bertz CT molecular complexity index is 673. The summed E-state index contributed by atoms with van der Waals surface area (Å²) in [6.45, 7) is 2.00. The van der Waals surface area contributed by atoms with Crippen molar-refractivity contribution in [2.24, 2.45) is 0 Å². The van der Waals surface area contributed by atoms with Gasteiger partial charge in [-0.3, -0.25) is 0 Å². The molecular formula is C14H10BrNO2. The Morgan fingerprint density at radius 1 is 1.17 bits per heavy atom. The zero-order valence-electron chi connectivity index (χ0n) is 9.68. The summed E-state index contributed by atoms with van der Waals surface area (Å²) in [5, 5.41) is 0. The molecule has 2 aromatic carbocycles. The molecule has 0 unspecified atom stereocenters. The highest BCUT2D eigenvalue weighted by atomic mass is 79.9. The normalized spacial score (nSPS) is 10.8. The van der Waals surface area contributed by atoms with Gasteiger partial charge in [0.25, 0.3) is 0 Å². The lowest BCUT2D eigenvalue weighted by Crippen LogP contribution is -1.85. The number of aryl methyl sites for hydroxylation is 1. The lowest BCUT2D eigenvalue weighted by atomic mass is 10.2. The van der Waals surface area contributed by atoms with E-state index in [9.17, 15) is 0 Å². The highest BCUT2D eigenvalue weighted by molar-refractivity contribution is 9.10. The van der Waals surface area contributed by atoms with E-state index in [0.717, 1.165) is 21.1 Å². The minimum Gasteiger partial charge on any atom is -0.411 e. The van der Waals surface area contributed by atoms with Gasteiger partial charge in [0, 0.05) is 4.47 Å². The number of fused-ring (bicyclic) bond motifs is 1. The molecule has 90 valence electrons. The minimum atomic E-state index is 0.262. The molecule has 0 aliphatic rings. The van der Waals surface area contributed by atoms with E-state index in [1.54, 1.807) is 0 Å². The molecule has 0 bridgehead atoms. The van der Waals surface area contributed by atoms with Crippen LogP contribution >= 0.6 is 15.9 Å². The summed E-state index contributed by atoms with van der Waals surface area (Å²) in [7, 11) is 0. The maximum absolute atomic E-state index is 5.60. The molecule has 0 aliphatic heterocycles. The fourth-order valence-electron chi connectivity index (χ4n) is 1.68. The zero-order chi connectivity index (χ0) is 12.5. The van der Waals surface area contributed by atoms with Crippen LogP contribution in [0.4, 0.5) is 0 Å². The van der Waals surface area contributed by atoms with Crippen LogP contribution in [0.5, 0.6) is 11.8 Å². The predicted molar refractivity (Wildman–Crippen MR) is 73.0 cm³/mol. The number of halogens is 1. The van der Waals surface area contributed by atoms with Crippen LogP contribution < -0.4 is 4.74 Å². The molecule has 0 atom stereocenters. The lowest BCUT2D eigenvalue weighted by Gasteiger charge is -2.02. The number of hydrogen-bond acceptors (Lipinski definition) is 3. The quantitative estimate of drug-likeness (QED) is 0.689. The van der Waals surface area contributed by atoms with E-state index in [1.165, 1.54) is 0 Å². The lowest BCUT2D eigenvalue weighted by molar-refractivity contribution is 0.343. The molecule has 0 saturated heterocycles. The van der Waals surface area contributed by atoms with Crippen molar-refractivity contribution in [2.75, 3.05) is 0 Å². The molecule has 0 fully saturated rings. The molecule has 0 N–H and O–H groups in total. The number of oxazole rings is 1. The van der Waals surface area contributed by atoms with Crippen molar-refractivity contribution >= 4 is 27.0 Å². The van der Waals surface area contributed by atoms with Gasteiger partial charge in [-0.2, -0.15) is 4.98 Å². The van der Waals surface area contributed by atoms with Gasteiger partial charge in [0.05, 0.1) is 0 Å². The second kappa shape index (κ2) is 4.46. The Kier molecular flexibility index (Phi) is 2.80. The summed E-state index contributed by atoms with van der Waals surface area (Å²) >= 11 is 3.45. The molecule has 0 saturated carbocycles. The molecular weight excluding hydrogens is 294 g/mol. The third-order valence-corrected chi connectivity index (χ3v) is 3.50. The molecule has 3 aromatic rings. The van der Waals surface area contributed by atoms with Crippen LogP contribution in [0.25, 0.3) is 11.1 Å². The Morgan fingerprint density at radius 2 is 2.00 bits per heavy atom. The van der Waals surface area contributed by atoms with Gasteiger partial charge in [-0.1, -0.05) is 28.1 Å². The number of nitrogens with zero attached hydrogens (tertiary/aromatic N) is 1. The molecule has 3 nitrogen and oxygen atoms in total. The average Bonchev–Trinajstić information content (AvgIpc) is 2.76. The van der Waals surface area contributed by atoms with Crippen LogP contribution in [0, 0.1) is 6.92 Å². The first-order valence-electron chi connectivity index (χ1n) is 5.52. The summed E-state index contributed by atoms with van der Waals surface area (Å²) in [6, 6.07) is 13.3. The number of rotatable bonds is 2. The first-order chi connectivity index (χ1) is 8.72. The first-order valence-corrected chi connectivity index (χ1v) is 6.31. The maximum atomic E-state index is 5.60. The molecule has 4 heteroatoms. The number of hydrogen-bond donors (Lipinski definition) is 0. The Balaban J connectivity index is 1.93. The van der Waals surface area contributed by atoms with Gasteiger partial charge in [-0.15, -0.1) is 0 Å². The van der Waals surface area contributed by atoms with Crippen LogP contribution in [0.3, 0.4) is 0 Å². The summed E-state index contributed by atoms with van der Waals surface area (Å²) in [5.74, 6) is 0.710. The largest absolute Gasteiger partial charge is 0.411 e. The Hall–Kier alpha value is -1.81. The minimum absolute atomic E-state index is 0.262. The molecule has 18 heavy (non-hydrogen) atoms. The summed E-state index contributed by atoms with van der Waals surface area (Å²) < 4.78 is 12.1. The monoisotopic (exact) mass is 303 g/mol. The number of para-hydroxylation sites is 2. The first kappa shape index (κ1) is 11.3. The fourth-order valence-corrected chi connectivity index (χ4v) is 1.92. The van der Waals surface area contributed by atoms with Gasteiger partial charge in [-0.25, -0.2) is 0 Å². The molecule has 1 heterocycles. The number of benzene rings is 2. The second-order valence-electron chi connectivity index (χ2n) is 3.96. The molecule has 0 radical (unpaired) electrons. The van der Waals surface area contributed by atoms with Crippen LogP contribution in [0.2, 0.25) is 0 Å². The topological polar surface area (TPSA) is 35.3 Å². The van der Waals surface area contributed by atoms with Crippen LogP contribution in [-0.2, 0) is 0 Å². The molecule has 0 amide bonds. The van der Waals surface area contributed by atoms with Crippen molar-refractivity contribution < 1.29 is 9.15 Å². The van der Waals surface area contributed by atoms with Crippen LogP contribution in [0.15, 0.2) is 51.4 Å². The van der Waals surface area contributed by atoms with Gasteiger partial charge in [0.15, 0.2) is 5.58 Å². The van der Waals surface area contributed by atoms with Crippen molar-refractivity contribution in [3.63, 3.8) is 0 Å². The van der Waals surface area contributed by atoms with Crippen molar-refractivity contribution in [3.8, 4) is 11.8 Å². The van der Waals surface area contributed by atoms with Crippen molar-refractivity contribution in [1.29, 1.82) is 0 Å². The van der Waals surface area contributed by atoms with E-state index in [4.69, 9.17) is 9.15 Å². The summed E-state index contributed by atoms with van der Waals surface area (Å²) in [4.78, 5) is 4.26. The van der Waals surface area contributed by atoms with E-state index >= 15 is 0 Å². The zero-order valence-corrected chi connectivity index (χ0v) is 11.3. The summed E-state index contributed by atoms with van der Waals surface area (Å²) in [5.41, 5.74) is 2.62. The predicted octanol–water partition coefficient (Wildman–Crippen LogP) is 4.69. The standard InChI is InChI=1S/C14H10BrNO2/c1-9-8-10(6-7-11(9)15)17-14-16-12-4-2-3-5-13(12)18-14/h2-8H,1H3. The molecule has 1 aromatic heterocycles. The Morgan fingerprint density at radius 3 is 2.78 bits per heavy atom. The Labute approximate surface area is 113 Å². The second-order valence-corrected chi connectivity index (χ2v) is 4.81. The molecule has 0 spiro atoms. The van der Waals surface area contributed by atoms with Crippen LogP contribution in [0.1, 0.15) is 5.56 Å². The molecule has 0 aliphatic carbocycles. The average molecular weight is 304 g/mol. The number of aromatic nitrogens is 1. The summed E-state index contributed by atoms with van der Waals surface area (Å²) in [6.07, 6.45) is 0.262. The van der Waals surface area contributed by atoms with E-state index in [1.807, 2.05) is 49.4 Å². The SMILES string of the molecule is Cc1cc(Oc2nc3ccccc3o2)ccc1Br. The fraction of sp³-hybridized carbons (Fsp3) is 0.0714. The maximum Gasteiger partial charge on any atom is 0.400 e. The third kappa shape index (κ3) is 2.11. The van der Waals surface area contributed by atoms with Gasteiger partial charge in [0.2, 0.25) is 0 Å². The van der Waals surface area contributed by atoms with Crippen molar-refractivity contribution in [3.05, 3.63) is 52.5 Å². The van der Waals surface area contributed by atoms with E-state index in [-0.39, 0.29) is 6.08 Å². The number of ether oxygens (including phenoxy) is 1. The van der Waals surface area contributed by atoms with Gasteiger partial charge >= 0.3 is 6.08 Å². The highest BCUT2D eigenvalue weighted by Gasteiger charge is 2.07. The van der Waals surface area contributed by atoms with E-state index in [0.29, 0.717) is 5.75 Å². The van der Waals surface area contributed by atoms with Gasteiger partial charge in [0.1, 0.15) is 11.3 Å². The smallest absolute Gasteiger partial charge is 0.400 e. The highest BCUT2D eigenvalue weighted by Crippen LogP contribution is 2.27. The van der Waals surface area contributed by atoms with E-state index < -0.39 is 0 Å². The van der Waals surface area contributed by atoms with Crippen LogP contribution in [-0.4, -0.2) is 4.98 Å². The van der Waals surface area contributed by atoms with Crippen molar-refractivity contribution in [1.82, 2.24) is 4.98 Å². The van der Waals surface area contributed by atoms with E-state index in [2.05, 4.69) is 20.9 Å².